The molecule has 6 heteroatoms. The molecule has 0 saturated carbocycles. The number of aromatic amines is 1. The van der Waals surface area contributed by atoms with Crippen molar-refractivity contribution in [3.8, 4) is 0 Å². The first kappa shape index (κ1) is 21.2. The van der Waals surface area contributed by atoms with E-state index in [0.717, 1.165) is 23.8 Å². The Kier molecular flexibility index (Phi) is 7.96. The summed E-state index contributed by atoms with van der Waals surface area (Å²) in [6, 6.07) is 3.35. The molecule has 3 aliphatic heterocycles. The minimum Gasteiger partial charge on any atom is -0.384 e. The molecule has 3 aliphatic rings. The molecule has 3 saturated heterocycles. The van der Waals surface area contributed by atoms with Crippen LogP contribution in [0.25, 0.3) is 10.9 Å². The lowest BCUT2D eigenvalue weighted by atomic mass is 9.73. The minimum atomic E-state index is 0.492. The molecule has 0 unspecified atom stereocenters. The lowest BCUT2D eigenvalue weighted by molar-refractivity contribution is -0.0295. The third kappa shape index (κ3) is 4.80. The number of carbonyl (C=O) groups is 1. The topological polar surface area (TPSA) is 45.3 Å². The summed E-state index contributed by atoms with van der Waals surface area (Å²) >= 11 is 11.7. The van der Waals surface area contributed by atoms with Crippen LogP contribution in [-0.4, -0.2) is 49.5 Å². The highest BCUT2D eigenvalue weighted by atomic mass is 35.5. The first-order valence-corrected chi connectivity index (χ1v) is 9.95. The normalized spacial score (nSPS) is 23.7. The van der Waals surface area contributed by atoms with Crippen molar-refractivity contribution in [2.24, 2.45) is 5.41 Å². The molecule has 1 N–H and O–H groups in total. The van der Waals surface area contributed by atoms with Crippen molar-refractivity contribution in [1.82, 2.24) is 9.88 Å². The molecule has 26 heavy (non-hydrogen) atoms. The van der Waals surface area contributed by atoms with Crippen LogP contribution < -0.4 is 0 Å². The van der Waals surface area contributed by atoms with Crippen molar-refractivity contribution in [3.05, 3.63) is 33.9 Å². The highest BCUT2D eigenvalue weighted by molar-refractivity contribution is 6.39. The van der Waals surface area contributed by atoms with Gasteiger partial charge in [-0.25, -0.2) is 0 Å². The van der Waals surface area contributed by atoms with Crippen molar-refractivity contribution < 1.29 is 9.53 Å². The van der Waals surface area contributed by atoms with Gasteiger partial charge in [0.05, 0.1) is 11.6 Å². The smallest absolute Gasteiger partial charge is 0.152 e. The summed E-state index contributed by atoms with van der Waals surface area (Å²) in [5.41, 5.74) is 1.90. The second-order valence-electron chi connectivity index (χ2n) is 6.70. The van der Waals surface area contributed by atoms with Crippen LogP contribution in [-0.2, 0) is 4.74 Å². The molecule has 4 heterocycles. The summed E-state index contributed by atoms with van der Waals surface area (Å²) in [6.45, 7) is 8.91. The van der Waals surface area contributed by atoms with E-state index in [2.05, 4.69) is 9.88 Å². The molecule has 5 rings (SSSR count). The zero-order valence-electron chi connectivity index (χ0n) is 15.8. The minimum absolute atomic E-state index is 0.492. The summed E-state index contributed by atoms with van der Waals surface area (Å²) in [6.07, 6.45) is 6.46. The maximum Gasteiger partial charge on any atom is 0.152 e. The second kappa shape index (κ2) is 9.75. The Hall–Kier alpha value is -1.07. The Morgan fingerprint density at radius 1 is 1.19 bits per heavy atom. The van der Waals surface area contributed by atoms with Crippen molar-refractivity contribution in [2.45, 2.75) is 33.1 Å². The molecule has 0 spiro atoms. The van der Waals surface area contributed by atoms with E-state index in [1.807, 2.05) is 21.0 Å². The number of nitrogens with one attached hydrogen (secondary N) is 1. The SMILES string of the molecule is CC.COCC12CCN(CC1)CC2.O=Cc1c[nH]c2cc(Cl)cc(Cl)c12. The van der Waals surface area contributed by atoms with Crippen LogP contribution in [0.15, 0.2) is 18.3 Å². The number of rotatable bonds is 3. The molecule has 0 radical (unpaired) electrons. The van der Waals surface area contributed by atoms with Crippen LogP contribution in [0, 0.1) is 5.41 Å². The fraction of sp³-hybridized carbons (Fsp3) is 0.550. The number of hydrogen-bond donors (Lipinski definition) is 1. The highest BCUT2D eigenvalue weighted by Crippen LogP contribution is 2.39. The number of halogens is 2. The van der Waals surface area contributed by atoms with Gasteiger partial charge in [-0.2, -0.15) is 0 Å². The predicted molar refractivity (Wildman–Crippen MR) is 110 cm³/mol. The Morgan fingerprint density at radius 3 is 2.35 bits per heavy atom. The number of H-pyrrole nitrogens is 1. The number of aromatic nitrogens is 1. The number of hydrogen-bond acceptors (Lipinski definition) is 3. The van der Waals surface area contributed by atoms with Crippen molar-refractivity contribution in [1.29, 1.82) is 0 Å². The number of fused-ring (bicyclic) bond motifs is 4. The van der Waals surface area contributed by atoms with Gasteiger partial charge in [0.15, 0.2) is 6.29 Å². The number of carbonyl (C=O) groups excluding carboxylic acids is 1. The van der Waals surface area contributed by atoms with Gasteiger partial charge in [0.2, 0.25) is 0 Å². The van der Waals surface area contributed by atoms with Crippen molar-refractivity contribution in [2.75, 3.05) is 33.4 Å². The molecule has 0 aliphatic carbocycles. The van der Waals surface area contributed by atoms with Crippen LogP contribution in [0.5, 0.6) is 0 Å². The van der Waals surface area contributed by atoms with Crippen LogP contribution in [0.3, 0.4) is 0 Å². The molecule has 144 valence electrons. The van der Waals surface area contributed by atoms with Gasteiger partial charge < -0.3 is 14.6 Å². The van der Waals surface area contributed by atoms with Gasteiger partial charge in [0, 0.05) is 34.8 Å². The van der Waals surface area contributed by atoms with Crippen LogP contribution in [0.2, 0.25) is 10.0 Å². The number of benzene rings is 1. The molecule has 2 bridgehead atoms. The fourth-order valence-corrected chi connectivity index (χ4v) is 4.32. The van der Waals surface area contributed by atoms with Gasteiger partial charge in [-0.15, -0.1) is 0 Å². The van der Waals surface area contributed by atoms with Crippen molar-refractivity contribution >= 4 is 40.4 Å². The Balaban J connectivity index is 0.000000173. The molecule has 0 amide bonds. The van der Waals surface area contributed by atoms with Gasteiger partial charge in [0.25, 0.3) is 0 Å². The average molecular weight is 399 g/mol. The molecule has 0 atom stereocenters. The van der Waals surface area contributed by atoms with E-state index in [4.69, 9.17) is 27.9 Å². The fourth-order valence-electron chi connectivity index (χ4n) is 3.72. The summed E-state index contributed by atoms with van der Waals surface area (Å²) < 4.78 is 5.28. The quantitative estimate of drug-likeness (QED) is 0.700. The lowest BCUT2D eigenvalue weighted by Crippen LogP contribution is -2.49. The number of ether oxygens (including phenoxy) is 1. The van der Waals surface area contributed by atoms with E-state index in [-0.39, 0.29) is 0 Å². The molecule has 2 aromatic rings. The standard InChI is InChI=1S/C9H5Cl2NO.C9H17NO.C2H6/c10-6-1-7(11)9-5(4-13)3-12-8(9)2-6;1-11-8-9-2-5-10(6-3-9)7-4-9;1-2/h1-4,12H;2-8H2,1H3;1-2H3. The maximum absolute atomic E-state index is 10.6. The molecule has 4 nitrogen and oxygen atoms in total. The first-order chi connectivity index (χ1) is 12.6. The van der Waals surface area contributed by atoms with Crippen LogP contribution >= 0.6 is 23.2 Å². The zero-order valence-corrected chi connectivity index (χ0v) is 17.3. The Bertz CT molecular complexity index is 702. The third-order valence-corrected chi connectivity index (χ3v) is 5.70. The van der Waals surface area contributed by atoms with Gasteiger partial charge in [-0.05, 0) is 56.4 Å². The zero-order chi connectivity index (χ0) is 19.2. The Labute approximate surface area is 165 Å². The largest absolute Gasteiger partial charge is 0.384 e. The number of methoxy groups -OCH3 is 1. The molecular weight excluding hydrogens is 371 g/mol. The molecule has 1 aromatic heterocycles. The molecule has 3 fully saturated rings. The predicted octanol–water partition coefficient (Wildman–Crippen LogP) is 5.43. The summed E-state index contributed by atoms with van der Waals surface area (Å²) in [5, 5.41) is 1.77. The van der Waals surface area contributed by atoms with Crippen molar-refractivity contribution in [3.63, 3.8) is 0 Å². The second-order valence-corrected chi connectivity index (χ2v) is 7.54. The van der Waals surface area contributed by atoms with E-state index in [0.29, 0.717) is 21.0 Å². The lowest BCUT2D eigenvalue weighted by Gasteiger charge is -2.48. The van der Waals surface area contributed by atoms with E-state index >= 15 is 0 Å². The van der Waals surface area contributed by atoms with Crippen LogP contribution in [0.4, 0.5) is 0 Å². The van der Waals surface area contributed by atoms with Gasteiger partial charge in [-0.3, -0.25) is 4.79 Å². The Morgan fingerprint density at radius 2 is 1.81 bits per heavy atom. The van der Waals surface area contributed by atoms with E-state index in [9.17, 15) is 4.79 Å². The number of nitrogens with zero attached hydrogens (tertiary/aromatic N) is 1. The summed E-state index contributed by atoms with van der Waals surface area (Å²) in [4.78, 5) is 16.1. The van der Waals surface area contributed by atoms with E-state index in [1.54, 1.807) is 18.3 Å². The number of piperidine rings is 3. The van der Waals surface area contributed by atoms with Gasteiger partial charge >= 0.3 is 0 Å². The monoisotopic (exact) mass is 398 g/mol. The third-order valence-electron chi connectivity index (χ3n) is 5.18. The summed E-state index contributed by atoms with van der Waals surface area (Å²) in [7, 11) is 1.83. The average Bonchev–Trinajstić information content (AvgIpc) is 3.09. The van der Waals surface area contributed by atoms with E-state index < -0.39 is 0 Å². The molecular formula is C20H28Cl2N2O2. The molecule has 1 aromatic carbocycles. The van der Waals surface area contributed by atoms with E-state index in [1.165, 1.54) is 38.9 Å². The van der Waals surface area contributed by atoms with Crippen LogP contribution in [0.1, 0.15) is 43.5 Å². The number of aldehydes is 1. The summed E-state index contributed by atoms with van der Waals surface area (Å²) in [5.74, 6) is 0. The maximum atomic E-state index is 10.6. The highest BCUT2D eigenvalue weighted by Gasteiger charge is 2.38. The first-order valence-electron chi connectivity index (χ1n) is 9.19. The van der Waals surface area contributed by atoms with Gasteiger partial charge in [0.1, 0.15) is 0 Å². The van der Waals surface area contributed by atoms with Gasteiger partial charge in [-0.1, -0.05) is 37.0 Å².